The molecule has 1 saturated heterocycles. The molecule has 3 heterocycles. The average molecular weight is 334 g/mol. The molecule has 1 aliphatic heterocycles. The van der Waals surface area contributed by atoms with Crippen LogP contribution in [0.5, 0.6) is 0 Å². The van der Waals surface area contributed by atoms with E-state index in [2.05, 4.69) is 23.1 Å². The number of likely N-dealkylation sites (tertiary alicyclic amines) is 1. The van der Waals surface area contributed by atoms with Crippen LogP contribution in [0.4, 0.5) is 0 Å². The Morgan fingerprint density at radius 1 is 1.24 bits per heavy atom. The number of aryl methyl sites for hydroxylation is 2. The summed E-state index contributed by atoms with van der Waals surface area (Å²) in [5.74, 6) is 0.0285. The number of carbonyl (C=O) groups excluding carboxylic acids is 1. The number of fused-ring (bicyclic) bond motifs is 1. The van der Waals surface area contributed by atoms with Gasteiger partial charge in [0.1, 0.15) is 5.69 Å². The number of pyridine rings is 1. The van der Waals surface area contributed by atoms with Crippen molar-refractivity contribution in [3.8, 4) is 0 Å². The number of amides is 1. The number of hydrogen-bond acceptors (Lipinski definition) is 3. The van der Waals surface area contributed by atoms with E-state index >= 15 is 0 Å². The number of aromatic nitrogens is 3. The third-order valence-corrected chi connectivity index (χ3v) is 5.00. The summed E-state index contributed by atoms with van der Waals surface area (Å²) in [6.07, 6.45) is 3.76. The molecule has 0 unspecified atom stereocenters. The quantitative estimate of drug-likeness (QED) is 0.738. The highest BCUT2D eigenvalue weighted by molar-refractivity contribution is 6.05. The summed E-state index contributed by atoms with van der Waals surface area (Å²) in [6.45, 7) is 5.60. The number of hydrogen-bond donors (Lipinski definition) is 0. The van der Waals surface area contributed by atoms with Gasteiger partial charge in [0.25, 0.3) is 5.91 Å². The molecule has 2 aromatic heterocycles. The average Bonchev–Trinajstić information content (AvgIpc) is 3.20. The van der Waals surface area contributed by atoms with Gasteiger partial charge in [-0.2, -0.15) is 5.10 Å². The molecule has 128 valence electrons. The lowest BCUT2D eigenvalue weighted by atomic mass is 10.1. The lowest BCUT2D eigenvalue weighted by molar-refractivity contribution is 0.0717. The molecule has 0 saturated carbocycles. The molecule has 0 aliphatic carbocycles. The molecule has 25 heavy (non-hydrogen) atoms. The predicted molar refractivity (Wildman–Crippen MR) is 97.5 cm³/mol. The van der Waals surface area contributed by atoms with Gasteiger partial charge in [0.2, 0.25) is 0 Å². The third-order valence-electron chi connectivity index (χ3n) is 5.00. The van der Waals surface area contributed by atoms with Crippen LogP contribution in [0, 0.1) is 13.8 Å². The fourth-order valence-electron chi connectivity index (χ4n) is 3.78. The van der Waals surface area contributed by atoms with E-state index in [0.29, 0.717) is 5.69 Å². The summed E-state index contributed by atoms with van der Waals surface area (Å²) >= 11 is 0. The van der Waals surface area contributed by atoms with Crippen LogP contribution in [0.15, 0.2) is 42.6 Å². The Hall–Kier alpha value is -2.69. The summed E-state index contributed by atoms with van der Waals surface area (Å²) in [4.78, 5) is 19.6. The van der Waals surface area contributed by atoms with Gasteiger partial charge in [-0.05, 0) is 44.2 Å². The minimum Gasteiger partial charge on any atom is -0.332 e. The maximum Gasteiger partial charge on any atom is 0.273 e. The van der Waals surface area contributed by atoms with E-state index < -0.39 is 0 Å². The van der Waals surface area contributed by atoms with Gasteiger partial charge in [0.05, 0.1) is 18.3 Å². The van der Waals surface area contributed by atoms with E-state index in [1.807, 2.05) is 46.8 Å². The zero-order chi connectivity index (χ0) is 17.4. The monoisotopic (exact) mass is 334 g/mol. The standard InChI is InChI=1S/C20H22N4O/c1-14-12-15(2)24(22-14)13-17-7-5-11-23(17)20(25)19-18-8-4-3-6-16(18)9-10-21-19/h3-4,6,8-10,12,17H,5,7,11,13H2,1-2H3/t17-/m1/s1. The van der Waals surface area contributed by atoms with Crippen LogP contribution in [0.2, 0.25) is 0 Å². The molecular formula is C20H22N4O. The van der Waals surface area contributed by atoms with Crippen molar-refractivity contribution in [1.82, 2.24) is 19.7 Å². The lowest BCUT2D eigenvalue weighted by Gasteiger charge is -2.25. The van der Waals surface area contributed by atoms with Crippen molar-refractivity contribution in [1.29, 1.82) is 0 Å². The topological polar surface area (TPSA) is 51.0 Å². The molecule has 0 N–H and O–H groups in total. The van der Waals surface area contributed by atoms with Crippen LogP contribution in [-0.2, 0) is 6.54 Å². The van der Waals surface area contributed by atoms with E-state index in [9.17, 15) is 4.79 Å². The zero-order valence-corrected chi connectivity index (χ0v) is 14.6. The summed E-state index contributed by atoms with van der Waals surface area (Å²) < 4.78 is 2.02. The van der Waals surface area contributed by atoms with Gasteiger partial charge in [-0.15, -0.1) is 0 Å². The predicted octanol–water partition coefficient (Wildman–Crippen LogP) is 3.35. The summed E-state index contributed by atoms with van der Waals surface area (Å²) in [7, 11) is 0. The van der Waals surface area contributed by atoms with Crippen molar-refractivity contribution in [2.24, 2.45) is 0 Å². The maximum absolute atomic E-state index is 13.2. The van der Waals surface area contributed by atoms with Gasteiger partial charge in [0, 0.05) is 23.8 Å². The van der Waals surface area contributed by atoms with Crippen molar-refractivity contribution < 1.29 is 4.79 Å². The first-order valence-corrected chi connectivity index (χ1v) is 8.79. The largest absolute Gasteiger partial charge is 0.332 e. The highest BCUT2D eigenvalue weighted by Crippen LogP contribution is 2.24. The molecular weight excluding hydrogens is 312 g/mol. The first kappa shape index (κ1) is 15.8. The third kappa shape index (κ3) is 2.90. The summed E-state index contributed by atoms with van der Waals surface area (Å²) in [5, 5.41) is 6.53. The second kappa shape index (κ2) is 6.31. The SMILES string of the molecule is Cc1cc(C)n(C[C@H]2CCCN2C(=O)c2nccc3ccccc23)n1. The molecule has 1 amide bonds. The zero-order valence-electron chi connectivity index (χ0n) is 14.6. The molecule has 1 fully saturated rings. The summed E-state index contributed by atoms with van der Waals surface area (Å²) in [6, 6.07) is 12.1. The molecule has 4 rings (SSSR count). The van der Waals surface area contributed by atoms with Gasteiger partial charge in [0.15, 0.2) is 0 Å². The second-order valence-electron chi connectivity index (χ2n) is 6.78. The number of nitrogens with zero attached hydrogens (tertiary/aromatic N) is 4. The highest BCUT2D eigenvalue weighted by atomic mass is 16.2. The van der Waals surface area contributed by atoms with Crippen LogP contribution >= 0.6 is 0 Å². The van der Waals surface area contributed by atoms with E-state index in [0.717, 1.165) is 48.1 Å². The molecule has 5 nitrogen and oxygen atoms in total. The fraction of sp³-hybridized carbons (Fsp3) is 0.350. The van der Waals surface area contributed by atoms with E-state index in [4.69, 9.17) is 0 Å². The van der Waals surface area contributed by atoms with E-state index in [-0.39, 0.29) is 11.9 Å². The van der Waals surface area contributed by atoms with Crippen molar-refractivity contribution in [3.63, 3.8) is 0 Å². The molecule has 1 aliphatic rings. The van der Waals surface area contributed by atoms with Crippen molar-refractivity contribution in [2.45, 2.75) is 39.3 Å². The first-order chi connectivity index (χ1) is 12.1. The van der Waals surface area contributed by atoms with Gasteiger partial charge < -0.3 is 4.90 Å². The minimum atomic E-state index is 0.0285. The Labute approximate surface area is 147 Å². The number of carbonyl (C=O) groups is 1. The van der Waals surface area contributed by atoms with Crippen LogP contribution in [0.3, 0.4) is 0 Å². The van der Waals surface area contributed by atoms with Crippen molar-refractivity contribution >= 4 is 16.7 Å². The molecule has 0 radical (unpaired) electrons. The minimum absolute atomic E-state index is 0.0285. The molecule has 0 spiro atoms. The Morgan fingerprint density at radius 2 is 2.08 bits per heavy atom. The van der Waals surface area contributed by atoms with Gasteiger partial charge in [-0.25, -0.2) is 0 Å². The second-order valence-corrected chi connectivity index (χ2v) is 6.78. The van der Waals surface area contributed by atoms with Gasteiger partial charge in [-0.3, -0.25) is 14.5 Å². The van der Waals surface area contributed by atoms with Crippen LogP contribution < -0.4 is 0 Å². The fourth-order valence-corrected chi connectivity index (χ4v) is 3.78. The Bertz CT molecular complexity index is 925. The number of benzene rings is 1. The van der Waals surface area contributed by atoms with Crippen LogP contribution in [-0.4, -0.2) is 38.2 Å². The van der Waals surface area contributed by atoms with Crippen LogP contribution in [0.25, 0.3) is 10.8 Å². The molecule has 0 bridgehead atoms. The normalized spacial score (nSPS) is 17.4. The lowest BCUT2D eigenvalue weighted by Crippen LogP contribution is -2.39. The molecule has 1 atom stereocenters. The number of rotatable bonds is 3. The molecule has 1 aromatic carbocycles. The highest BCUT2D eigenvalue weighted by Gasteiger charge is 2.31. The first-order valence-electron chi connectivity index (χ1n) is 8.79. The smallest absolute Gasteiger partial charge is 0.273 e. The van der Waals surface area contributed by atoms with Gasteiger partial charge >= 0.3 is 0 Å². The molecule has 5 heteroatoms. The van der Waals surface area contributed by atoms with E-state index in [1.54, 1.807) is 6.20 Å². The molecule has 3 aromatic rings. The van der Waals surface area contributed by atoms with E-state index in [1.165, 1.54) is 0 Å². The Morgan fingerprint density at radius 3 is 2.88 bits per heavy atom. The van der Waals surface area contributed by atoms with Crippen molar-refractivity contribution in [3.05, 3.63) is 59.7 Å². The van der Waals surface area contributed by atoms with Crippen molar-refractivity contribution in [2.75, 3.05) is 6.54 Å². The van der Waals surface area contributed by atoms with Gasteiger partial charge in [-0.1, -0.05) is 24.3 Å². The Balaban J connectivity index is 1.63. The Kier molecular flexibility index (Phi) is 3.99. The van der Waals surface area contributed by atoms with Crippen LogP contribution in [0.1, 0.15) is 34.7 Å². The summed E-state index contributed by atoms with van der Waals surface area (Å²) in [5.41, 5.74) is 2.71. The maximum atomic E-state index is 13.2.